The minimum atomic E-state index is 0.272. The summed E-state index contributed by atoms with van der Waals surface area (Å²) >= 11 is 0. The van der Waals surface area contributed by atoms with Gasteiger partial charge in [-0.25, -0.2) is 0 Å². The molecule has 0 N–H and O–H groups in total. The Morgan fingerprint density at radius 3 is 2.52 bits per heavy atom. The van der Waals surface area contributed by atoms with Gasteiger partial charge in [0, 0.05) is 37.3 Å². The van der Waals surface area contributed by atoms with Crippen LogP contribution in [0.3, 0.4) is 0 Å². The van der Waals surface area contributed by atoms with Gasteiger partial charge in [-0.15, -0.1) is 0 Å². The number of amides is 1. The van der Waals surface area contributed by atoms with Gasteiger partial charge in [0.25, 0.3) is 0 Å². The van der Waals surface area contributed by atoms with Crippen molar-refractivity contribution in [2.45, 2.75) is 51.9 Å². The molecule has 1 saturated heterocycles. The van der Waals surface area contributed by atoms with Crippen molar-refractivity contribution in [3.8, 4) is 0 Å². The maximum absolute atomic E-state index is 12.7. The van der Waals surface area contributed by atoms with Crippen LogP contribution in [0.2, 0.25) is 0 Å². The summed E-state index contributed by atoms with van der Waals surface area (Å²) in [6.45, 7) is 6.46. The number of aromatic nitrogens is 1. The van der Waals surface area contributed by atoms with Gasteiger partial charge < -0.3 is 4.90 Å². The molecular weight excluding hydrogens is 260 g/mol. The highest BCUT2D eigenvalue weighted by atomic mass is 16.2. The molecule has 1 amide bonds. The van der Waals surface area contributed by atoms with Gasteiger partial charge in [0.1, 0.15) is 0 Å². The molecule has 1 aliphatic heterocycles. The zero-order valence-electron chi connectivity index (χ0n) is 13.2. The third-order valence-electron chi connectivity index (χ3n) is 5.37. The molecule has 0 bridgehead atoms. The Balaban J connectivity index is 1.58. The van der Waals surface area contributed by atoms with Crippen molar-refractivity contribution in [3.05, 3.63) is 30.1 Å². The molecule has 2 fully saturated rings. The third kappa shape index (κ3) is 3.28. The number of hydrogen-bond acceptors (Lipinski definition) is 2. The van der Waals surface area contributed by atoms with Crippen LogP contribution >= 0.6 is 0 Å². The first-order valence-corrected chi connectivity index (χ1v) is 8.24. The Kier molecular flexibility index (Phi) is 4.01. The van der Waals surface area contributed by atoms with Crippen LogP contribution in [-0.4, -0.2) is 28.9 Å². The fourth-order valence-corrected chi connectivity index (χ4v) is 3.77. The van der Waals surface area contributed by atoms with E-state index in [2.05, 4.69) is 35.9 Å². The molecule has 114 valence electrons. The van der Waals surface area contributed by atoms with Crippen LogP contribution in [-0.2, 0) is 4.79 Å². The molecule has 1 aliphatic carbocycles. The largest absolute Gasteiger partial charge is 0.342 e. The molecule has 3 rings (SSSR count). The first-order chi connectivity index (χ1) is 10.1. The van der Waals surface area contributed by atoms with E-state index in [0.29, 0.717) is 17.2 Å². The lowest BCUT2D eigenvalue weighted by Crippen LogP contribution is -2.37. The summed E-state index contributed by atoms with van der Waals surface area (Å²) in [6.07, 6.45) is 9.31. The maximum Gasteiger partial charge on any atom is 0.225 e. The van der Waals surface area contributed by atoms with Gasteiger partial charge in [-0.3, -0.25) is 9.78 Å². The van der Waals surface area contributed by atoms with E-state index in [9.17, 15) is 4.79 Å². The monoisotopic (exact) mass is 286 g/mol. The van der Waals surface area contributed by atoms with E-state index >= 15 is 0 Å². The molecule has 1 atom stereocenters. The van der Waals surface area contributed by atoms with Crippen molar-refractivity contribution in [1.29, 1.82) is 0 Å². The van der Waals surface area contributed by atoms with Crippen molar-refractivity contribution in [2.24, 2.45) is 11.3 Å². The van der Waals surface area contributed by atoms with Crippen LogP contribution in [0.1, 0.15) is 57.4 Å². The predicted molar refractivity (Wildman–Crippen MR) is 83.9 cm³/mol. The number of nitrogens with zero attached hydrogens (tertiary/aromatic N) is 2. The molecule has 0 spiro atoms. The summed E-state index contributed by atoms with van der Waals surface area (Å²) in [5, 5.41) is 0. The highest BCUT2D eigenvalue weighted by Crippen LogP contribution is 2.39. The Morgan fingerprint density at radius 2 is 1.86 bits per heavy atom. The van der Waals surface area contributed by atoms with E-state index in [1.54, 1.807) is 0 Å². The molecule has 3 heteroatoms. The average molecular weight is 286 g/mol. The minimum absolute atomic E-state index is 0.272. The lowest BCUT2D eigenvalue weighted by atomic mass is 9.73. The van der Waals surface area contributed by atoms with Gasteiger partial charge in [0.2, 0.25) is 5.91 Å². The summed E-state index contributed by atoms with van der Waals surface area (Å²) < 4.78 is 0. The van der Waals surface area contributed by atoms with E-state index in [-0.39, 0.29) is 5.92 Å². The van der Waals surface area contributed by atoms with Gasteiger partial charge >= 0.3 is 0 Å². The molecular formula is C18H26N2O. The van der Waals surface area contributed by atoms with Crippen molar-refractivity contribution >= 4 is 5.91 Å². The summed E-state index contributed by atoms with van der Waals surface area (Å²) in [5.74, 6) is 1.17. The van der Waals surface area contributed by atoms with E-state index < -0.39 is 0 Å². The summed E-state index contributed by atoms with van der Waals surface area (Å²) in [7, 11) is 0. The normalized spacial score (nSPS) is 26.0. The Labute approximate surface area is 127 Å². The minimum Gasteiger partial charge on any atom is -0.342 e. The number of pyridine rings is 1. The predicted octanol–water partition coefficient (Wildman–Crippen LogP) is 3.61. The molecule has 1 saturated carbocycles. The Bertz CT molecular complexity index is 487. The van der Waals surface area contributed by atoms with Crippen molar-refractivity contribution in [2.75, 3.05) is 13.1 Å². The number of rotatable bonds is 2. The SMILES string of the molecule is CC1(C)CCC(C(=O)N2CCC(c3ccncc3)C2)CC1. The quantitative estimate of drug-likeness (QED) is 0.832. The van der Waals surface area contributed by atoms with Crippen molar-refractivity contribution in [1.82, 2.24) is 9.88 Å². The molecule has 1 aromatic rings. The van der Waals surface area contributed by atoms with Gasteiger partial charge in [-0.05, 0) is 55.2 Å². The fourth-order valence-electron chi connectivity index (χ4n) is 3.77. The lowest BCUT2D eigenvalue weighted by molar-refractivity contribution is -0.136. The molecule has 2 aliphatic rings. The van der Waals surface area contributed by atoms with Crippen LogP contribution in [0.4, 0.5) is 0 Å². The summed E-state index contributed by atoms with van der Waals surface area (Å²) in [5.41, 5.74) is 1.76. The molecule has 0 radical (unpaired) electrons. The molecule has 1 unspecified atom stereocenters. The van der Waals surface area contributed by atoms with Gasteiger partial charge in [-0.1, -0.05) is 13.8 Å². The van der Waals surface area contributed by atoms with Crippen LogP contribution in [0.25, 0.3) is 0 Å². The van der Waals surface area contributed by atoms with E-state index in [0.717, 1.165) is 32.4 Å². The van der Waals surface area contributed by atoms with Gasteiger partial charge in [0.05, 0.1) is 0 Å². The van der Waals surface area contributed by atoms with Crippen LogP contribution in [0.15, 0.2) is 24.5 Å². The first kappa shape index (κ1) is 14.6. The highest BCUT2D eigenvalue weighted by Gasteiger charge is 2.35. The summed E-state index contributed by atoms with van der Waals surface area (Å²) in [6, 6.07) is 4.17. The zero-order valence-corrected chi connectivity index (χ0v) is 13.2. The summed E-state index contributed by atoms with van der Waals surface area (Å²) in [4.78, 5) is 18.9. The zero-order chi connectivity index (χ0) is 14.9. The maximum atomic E-state index is 12.7. The smallest absolute Gasteiger partial charge is 0.225 e. The number of likely N-dealkylation sites (tertiary alicyclic amines) is 1. The van der Waals surface area contributed by atoms with E-state index in [1.807, 2.05) is 12.4 Å². The van der Waals surface area contributed by atoms with Crippen LogP contribution in [0, 0.1) is 11.3 Å². The van der Waals surface area contributed by atoms with Crippen molar-refractivity contribution < 1.29 is 4.79 Å². The Morgan fingerprint density at radius 1 is 1.19 bits per heavy atom. The topological polar surface area (TPSA) is 33.2 Å². The molecule has 21 heavy (non-hydrogen) atoms. The molecule has 0 aromatic carbocycles. The average Bonchev–Trinajstić information content (AvgIpc) is 2.97. The first-order valence-electron chi connectivity index (χ1n) is 8.24. The fraction of sp³-hybridized carbons (Fsp3) is 0.667. The van der Waals surface area contributed by atoms with Gasteiger partial charge in [0.15, 0.2) is 0 Å². The van der Waals surface area contributed by atoms with Crippen LogP contribution < -0.4 is 0 Å². The molecule has 3 nitrogen and oxygen atoms in total. The second-order valence-electron chi connectivity index (χ2n) is 7.49. The Hall–Kier alpha value is -1.38. The van der Waals surface area contributed by atoms with E-state index in [1.165, 1.54) is 18.4 Å². The van der Waals surface area contributed by atoms with E-state index in [4.69, 9.17) is 0 Å². The van der Waals surface area contributed by atoms with Gasteiger partial charge in [-0.2, -0.15) is 0 Å². The number of carbonyl (C=O) groups excluding carboxylic acids is 1. The number of hydrogen-bond donors (Lipinski definition) is 0. The number of carbonyl (C=O) groups is 1. The van der Waals surface area contributed by atoms with Crippen molar-refractivity contribution in [3.63, 3.8) is 0 Å². The lowest BCUT2D eigenvalue weighted by Gasteiger charge is -2.35. The third-order valence-corrected chi connectivity index (χ3v) is 5.37. The standard InChI is InChI=1S/C18H26N2O/c1-18(2)8-3-15(4-9-18)17(21)20-12-7-16(13-20)14-5-10-19-11-6-14/h5-6,10-11,15-16H,3-4,7-9,12-13H2,1-2H3. The second kappa shape index (κ2) is 5.78. The van der Waals surface area contributed by atoms with Crippen LogP contribution in [0.5, 0.6) is 0 Å². The second-order valence-corrected chi connectivity index (χ2v) is 7.49. The molecule has 2 heterocycles. The molecule has 1 aromatic heterocycles. The highest BCUT2D eigenvalue weighted by molar-refractivity contribution is 5.79.